The van der Waals surface area contributed by atoms with Gasteiger partial charge in [0.25, 0.3) is 0 Å². The van der Waals surface area contributed by atoms with Gasteiger partial charge >= 0.3 is 0 Å². The van der Waals surface area contributed by atoms with Gasteiger partial charge in [-0.2, -0.15) is 0 Å². The molecule has 0 aliphatic carbocycles. The van der Waals surface area contributed by atoms with Crippen molar-refractivity contribution in [3.05, 3.63) is 0 Å². The Labute approximate surface area is 109 Å². The van der Waals surface area contributed by atoms with E-state index in [9.17, 15) is 9.59 Å². The second-order valence-electron chi connectivity index (χ2n) is 5.20. The predicted octanol–water partition coefficient (Wildman–Crippen LogP) is 0.409. The van der Waals surface area contributed by atoms with Gasteiger partial charge in [-0.05, 0) is 26.2 Å². The van der Waals surface area contributed by atoms with Crippen LogP contribution in [0.1, 0.15) is 34.1 Å². The molecule has 2 amide bonds. The standard InChI is InChI=1S/C11H23N3O2.ClH/c1-7(2)5-8(12)9(15)14-6-11(3,4)10(13)16;/h7-8H,5-6,12H2,1-4H3,(H2,13,16)(H,14,15);1H/t8-;/m0./s1. The summed E-state index contributed by atoms with van der Waals surface area (Å²) < 4.78 is 0. The fourth-order valence-corrected chi connectivity index (χ4v) is 1.14. The third-order valence-electron chi connectivity index (χ3n) is 2.43. The minimum atomic E-state index is -0.743. The minimum absolute atomic E-state index is 0. The maximum absolute atomic E-state index is 11.6. The molecule has 0 rings (SSSR count). The first-order valence-electron chi connectivity index (χ1n) is 5.50. The molecule has 1 atom stereocenters. The summed E-state index contributed by atoms with van der Waals surface area (Å²) in [5, 5.41) is 2.64. The van der Waals surface area contributed by atoms with E-state index in [-0.39, 0.29) is 24.9 Å². The van der Waals surface area contributed by atoms with Crippen LogP contribution >= 0.6 is 12.4 Å². The second kappa shape index (κ2) is 7.50. The van der Waals surface area contributed by atoms with Gasteiger partial charge in [-0.15, -0.1) is 12.4 Å². The van der Waals surface area contributed by atoms with Crippen LogP contribution in [0.2, 0.25) is 0 Å². The largest absolute Gasteiger partial charge is 0.369 e. The average Bonchev–Trinajstić information content (AvgIpc) is 2.12. The molecule has 0 aromatic carbocycles. The topological polar surface area (TPSA) is 98.2 Å². The molecule has 0 saturated heterocycles. The molecule has 0 unspecified atom stereocenters. The zero-order chi connectivity index (χ0) is 12.9. The number of rotatable bonds is 6. The molecule has 5 nitrogen and oxygen atoms in total. The molecular formula is C11H24ClN3O2. The number of hydrogen-bond donors (Lipinski definition) is 3. The highest BCUT2D eigenvalue weighted by atomic mass is 35.5. The van der Waals surface area contributed by atoms with Gasteiger partial charge in [-0.25, -0.2) is 0 Å². The lowest BCUT2D eigenvalue weighted by Crippen LogP contribution is -2.47. The van der Waals surface area contributed by atoms with E-state index >= 15 is 0 Å². The molecule has 0 spiro atoms. The Hall–Kier alpha value is -0.810. The molecule has 0 heterocycles. The summed E-state index contributed by atoms with van der Waals surface area (Å²) in [5.41, 5.74) is 10.1. The Morgan fingerprint density at radius 3 is 2.12 bits per heavy atom. The van der Waals surface area contributed by atoms with Gasteiger partial charge in [0.2, 0.25) is 11.8 Å². The van der Waals surface area contributed by atoms with Crippen LogP contribution in [-0.2, 0) is 9.59 Å². The van der Waals surface area contributed by atoms with Crippen LogP contribution in [0.15, 0.2) is 0 Å². The fraction of sp³-hybridized carbons (Fsp3) is 0.818. The monoisotopic (exact) mass is 265 g/mol. The maximum atomic E-state index is 11.6. The number of amides is 2. The minimum Gasteiger partial charge on any atom is -0.369 e. The SMILES string of the molecule is CC(C)C[C@H](N)C(=O)NCC(C)(C)C(N)=O.Cl. The quantitative estimate of drug-likeness (QED) is 0.649. The summed E-state index contributed by atoms with van der Waals surface area (Å²) in [6, 6.07) is -0.524. The molecular weight excluding hydrogens is 242 g/mol. The number of nitrogens with two attached hydrogens (primary N) is 2. The Bertz CT molecular complexity index is 267. The van der Waals surface area contributed by atoms with E-state index in [0.717, 1.165) is 0 Å². The molecule has 0 radical (unpaired) electrons. The van der Waals surface area contributed by atoms with Crippen molar-refractivity contribution in [2.24, 2.45) is 22.8 Å². The summed E-state index contributed by atoms with van der Waals surface area (Å²) >= 11 is 0. The first kappa shape index (κ1) is 18.6. The van der Waals surface area contributed by atoms with Gasteiger partial charge in [0.05, 0.1) is 11.5 Å². The van der Waals surface area contributed by atoms with Crippen LogP contribution < -0.4 is 16.8 Å². The van der Waals surface area contributed by atoms with Gasteiger partial charge in [-0.3, -0.25) is 9.59 Å². The van der Waals surface area contributed by atoms with Gasteiger partial charge in [0.1, 0.15) is 0 Å². The van der Waals surface area contributed by atoms with Crippen molar-refractivity contribution in [1.29, 1.82) is 0 Å². The van der Waals surface area contributed by atoms with Crippen molar-refractivity contribution in [3.8, 4) is 0 Å². The lowest BCUT2D eigenvalue weighted by molar-refractivity contribution is -0.127. The normalized spacial score (nSPS) is 12.8. The van der Waals surface area contributed by atoms with Crippen molar-refractivity contribution in [2.45, 2.75) is 40.2 Å². The van der Waals surface area contributed by atoms with E-state index in [1.807, 2.05) is 13.8 Å². The summed E-state index contributed by atoms with van der Waals surface area (Å²) in [6.07, 6.45) is 0.628. The number of carbonyl (C=O) groups is 2. The predicted molar refractivity (Wildman–Crippen MR) is 70.7 cm³/mol. The van der Waals surface area contributed by atoms with Crippen LogP contribution in [0.25, 0.3) is 0 Å². The first-order chi connectivity index (χ1) is 7.16. The first-order valence-corrected chi connectivity index (χ1v) is 5.50. The van der Waals surface area contributed by atoms with E-state index in [1.54, 1.807) is 13.8 Å². The van der Waals surface area contributed by atoms with Crippen molar-refractivity contribution in [3.63, 3.8) is 0 Å². The lowest BCUT2D eigenvalue weighted by atomic mass is 9.92. The van der Waals surface area contributed by atoms with E-state index < -0.39 is 17.4 Å². The molecule has 102 valence electrons. The fourth-order valence-electron chi connectivity index (χ4n) is 1.14. The summed E-state index contributed by atoms with van der Waals surface area (Å²) in [5.74, 6) is -0.307. The number of primary amides is 1. The average molecular weight is 266 g/mol. The maximum Gasteiger partial charge on any atom is 0.236 e. The zero-order valence-corrected chi connectivity index (χ0v) is 11.8. The highest BCUT2D eigenvalue weighted by Gasteiger charge is 2.26. The van der Waals surface area contributed by atoms with E-state index in [0.29, 0.717) is 12.3 Å². The molecule has 5 N–H and O–H groups in total. The third-order valence-corrected chi connectivity index (χ3v) is 2.43. The Kier molecular flexibility index (Phi) is 8.19. The Balaban J connectivity index is 0. The number of halogens is 1. The lowest BCUT2D eigenvalue weighted by Gasteiger charge is -2.22. The van der Waals surface area contributed by atoms with Gasteiger partial charge in [0.15, 0.2) is 0 Å². The molecule has 0 aliphatic heterocycles. The molecule has 17 heavy (non-hydrogen) atoms. The molecule has 0 aliphatic rings. The second-order valence-corrected chi connectivity index (χ2v) is 5.20. The van der Waals surface area contributed by atoms with Crippen molar-refractivity contribution in [1.82, 2.24) is 5.32 Å². The molecule has 0 fully saturated rings. The van der Waals surface area contributed by atoms with Crippen molar-refractivity contribution < 1.29 is 9.59 Å². The summed E-state index contributed by atoms with van der Waals surface area (Å²) in [6.45, 7) is 7.58. The molecule has 0 aromatic rings. The number of hydrogen-bond acceptors (Lipinski definition) is 3. The van der Waals surface area contributed by atoms with Crippen LogP contribution in [0.4, 0.5) is 0 Å². The van der Waals surface area contributed by atoms with Crippen LogP contribution in [0.3, 0.4) is 0 Å². The van der Waals surface area contributed by atoms with Gasteiger partial charge in [0, 0.05) is 6.54 Å². The van der Waals surface area contributed by atoms with E-state index in [2.05, 4.69) is 5.32 Å². The van der Waals surface area contributed by atoms with Crippen molar-refractivity contribution in [2.75, 3.05) is 6.54 Å². The van der Waals surface area contributed by atoms with Crippen LogP contribution in [0.5, 0.6) is 0 Å². The molecule has 0 bridgehead atoms. The van der Waals surface area contributed by atoms with E-state index in [4.69, 9.17) is 11.5 Å². The number of nitrogens with one attached hydrogen (secondary N) is 1. The number of carbonyl (C=O) groups excluding carboxylic acids is 2. The molecule has 6 heteroatoms. The molecule has 0 saturated carbocycles. The summed E-state index contributed by atoms with van der Waals surface area (Å²) in [7, 11) is 0. The van der Waals surface area contributed by atoms with Gasteiger partial charge in [-0.1, -0.05) is 13.8 Å². The Morgan fingerprint density at radius 1 is 1.29 bits per heavy atom. The highest BCUT2D eigenvalue weighted by molar-refractivity contribution is 5.85. The zero-order valence-electron chi connectivity index (χ0n) is 10.9. The van der Waals surface area contributed by atoms with E-state index in [1.165, 1.54) is 0 Å². The van der Waals surface area contributed by atoms with Crippen molar-refractivity contribution >= 4 is 24.2 Å². The van der Waals surface area contributed by atoms with Gasteiger partial charge < -0.3 is 16.8 Å². The van der Waals surface area contributed by atoms with Crippen LogP contribution in [-0.4, -0.2) is 24.4 Å². The summed E-state index contributed by atoms with van der Waals surface area (Å²) in [4.78, 5) is 22.6. The van der Waals surface area contributed by atoms with Crippen LogP contribution in [0, 0.1) is 11.3 Å². The Morgan fingerprint density at radius 2 is 1.76 bits per heavy atom. The smallest absolute Gasteiger partial charge is 0.236 e. The highest BCUT2D eigenvalue weighted by Crippen LogP contribution is 2.12. The molecule has 0 aromatic heterocycles. The third kappa shape index (κ3) is 7.18.